The third kappa shape index (κ3) is 6.08. The quantitative estimate of drug-likeness (QED) is 0.759. The molecule has 5 nitrogen and oxygen atoms in total. The van der Waals surface area contributed by atoms with E-state index in [0.717, 1.165) is 11.3 Å². The number of ether oxygens (including phenoxy) is 1. The van der Waals surface area contributed by atoms with Crippen molar-refractivity contribution in [3.05, 3.63) is 35.9 Å². The lowest BCUT2D eigenvalue weighted by atomic mass is 10.1. The monoisotopic (exact) mass is 310 g/mol. The summed E-state index contributed by atoms with van der Waals surface area (Å²) in [5.74, 6) is 0.348. The van der Waals surface area contributed by atoms with Gasteiger partial charge in [-0.2, -0.15) is 11.8 Å². The van der Waals surface area contributed by atoms with Gasteiger partial charge >= 0.3 is 12.0 Å². The van der Waals surface area contributed by atoms with Gasteiger partial charge in [0.1, 0.15) is 6.04 Å². The average molecular weight is 310 g/mol. The normalized spacial score (nSPS) is 13.1. The van der Waals surface area contributed by atoms with Gasteiger partial charge in [0.25, 0.3) is 0 Å². The van der Waals surface area contributed by atoms with Crippen LogP contribution in [0.25, 0.3) is 0 Å². The second-order valence-electron chi connectivity index (χ2n) is 4.61. The molecule has 116 valence electrons. The molecule has 0 radical (unpaired) electrons. The second kappa shape index (κ2) is 9.28. The number of hydrogen-bond acceptors (Lipinski definition) is 4. The molecule has 1 unspecified atom stereocenters. The lowest BCUT2D eigenvalue weighted by molar-refractivity contribution is -0.142. The van der Waals surface area contributed by atoms with E-state index < -0.39 is 12.0 Å². The fourth-order valence-electron chi connectivity index (χ4n) is 1.85. The van der Waals surface area contributed by atoms with Crippen LogP contribution >= 0.6 is 11.8 Å². The highest BCUT2D eigenvalue weighted by Crippen LogP contribution is 2.11. The number of methoxy groups -OCH3 is 1. The van der Waals surface area contributed by atoms with Crippen LogP contribution in [0.5, 0.6) is 0 Å². The van der Waals surface area contributed by atoms with Crippen LogP contribution in [0.1, 0.15) is 24.9 Å². The van der Waals surface area contributed by atoms with E-state index in [0.29, 0.717) is 6.42 Å². The highest BCUT2D eigenvalue weighted by molar-refractivity contribution is 7.98. The van der Waals surface area contributed by atoms with Gasteiger partial charge in [-0.1, -0.05) is 30.3 Å². The highest BCUT2D eigenvalue weighted by Gasteiger charge is 2.21. The molecule has 0 saturated carbocycles. The zero-order chi connectivity index (χ0) is 15.7. The van der Waals surface area contributed by atoms with Gasteiger partial charge in [-0.25, -0.2) is 9.59 Å². The van der Waals surface area contributed by atoms with Crippen LogP contribution in [0.2, 0.25) is 0 Å². The van der Waals surface area contributed by atoms with E-state index >= 15 is 0 Å². The fraction of sp³-hybridized carbons (Fsp3) is 0.467. The largest absolute Gasteiger partial charge is 0.467 e. The lowest BCUT2D eigenvalue weighted by Crippen LogP contribution is -2.47. The summed E-state index contributed by atoms with van der Waals surface area (Å²) in [4.78, 5) is 23.6. The number of esters is 1. The van der Waals surface area contributed by atoms with E-state index in [9.17, 15) is 9.59 Å². The first-order valence-corrected chi connectivity index (χ1v) is 8.16. The van der Waals surface area contributed by atoms with Gasteiger partial charge in [-0.05, 0) is 30.9 Å². The van der Waals surface area contributed by atoms with Gasteiger partial charge in [0.05, 0.1) is 13.2 Å². The van der Waals surface area contributed by atoms with E-state index in [4.69, 9.17) is 4.74 Å². The minimum absolute atomic E-state index is 0.134. The topological polar surface area (TPSA) is 67.4 Å². The molecule has 1 aromatic rings. The van der Waals surface area contributed by atoms with Crippen molar-refractivity contribution in [1.29, 1.82) is 0 Å². The number of urea groups is 1. The summed E-state index contributed by atoms with van der Waals surface area (Å²) in [6, 6.07) is 8.51. The van der Waals surface area contributed by atoms with Crippen LogP contribution in [0.3, 0.4) is 0 Å². The molecule has 0 aliphatic carbocycles. The van der Waals surface area contributed by atoms with Crippen molar-refractivity contribution in [3.63, 3.8) is 0 Å². The predicted octanol–water partition coefficient (Wildman–Crippen LogP) is 2.34. The van der Waals surface area contributed by atoms with Crippen molar-refractivity contribution in [2.24, 2.45) is 0 Å². The minimum Gasteiger partial charge on any atom is -0.467 e. The molecule has 0 aromatic heterocycles. The van der Waals surface area contributed by atoms with Crippen molar-refractivity contribution in [3.8, 4) is 0 Å². The molecule has 0 bridgehead atoms. The number of amides is 2. The number of rotatable bonds is 7. The molecule has 21 heavy (non-hydrogen) atoms. The molecule has 2 N–H and O–H groups in total. The summed E-state index contributed by atoms with van der Waals surface area (Å²) in [6.45, 7) is 1.89. The SMILES string of the molecule is COC(=O)[C@@H](CCSC)NC(=O)NC(C)c1ccccc1. The van der Waals surface area contributed by atoms with Crippen molar-refractivity contribution in [2.45, 2.75) is 25.4 Å². The third-order valence-corrected chi connectivity index (χ3v) is 3.69. The van der Waals surface area contributed by atoms with Gasteiger partial charge in [-0.15, -0.1) is 0 Å². The van der Waals surface area contributed by atoms with Crippen molar-refractivity contribution in [1.82, 2.24) is 10.6 Å². The Bertz CT molecular complexity index is 453. The first-order valence-electron chi connectivity index (χ1n) is 6.77. The summed E-state index contributed by atoms with van der Waals surface area (Å²) >= 11 is 1.62. The summed E-state index contributed by atoms with van der Waals surface area (Å²) < 4.78 is 4.71. The predicted molar refractivity (Wildman–Crippen MR) is 85.3 cm³/mol. The molecule has 1 rings (SSSR count). The van der Waals surface area contributed by atoms with E-state index in [1.165, 1.54) is 7.11 Å². The van der Waals surface area contributed by atoms with Gasteiger partial charge < -0.3 is 15.4 Å². The van der Waals surface area contributed by atoms with Crippen molar-refractivity contribution in [2.75, 3.05) is 19.1 Å². The average Bonchev–Trinajstić information content (AvgIpc) is 2.51. The maximum Gasteiger partial charge on any atom is 0.328 e. The number of benzene rings is 1. The van der Waals surface area contributed by atoms with Crippen LogP contribution in [-0.4, -0.2) is 37.2 Å². The summed E-state index contributed by atoms with van der Waals surface area (Å²) in [7, 11) is 1.32. The summed E-state index contributed by atoms with van der Waals surface area (Å²) in [5, 5.41) is 5.48. The van der Waals surface area contributed by atoms with E-state index in [2.05, 4.69) is 10.6 Å². The van der Waals surface area contributed by atoms with Crippen LogP contribution in [-0.2, 0) is 9.53 Å². The molecule has 0 fully saturated rings. The van der Waals surface area contributed by atoms with E-state index in [1.807, 2.05) is 43.5 Å². The molecule has 0 saturated heterocycles. The molecule has 6 heteroatoms. The number of thioether (sulfide) groups is 1. The zero-order valence-corrected chi connectivity index (χ0v) is 13.4. The highest BCUT2D eigenvalue weighted by atomic mass is 32.2. The second-order valence-corrected chi connectivity index (χ2v) is 5.59. The van der Waals surface area contributed by atoms with Crippen molar-refractivity contribution < 1.29 is 14.3 Å². The summed E-state index contributed by atoms with van der Waals surface area (Å²) in [6.07, 6.45) is 2.49. The van der Waals surface area contributed by atoms with Gasteiger partial charge in [0.2, 0.25) is 0 Å². The molecule has 0 aliphatic rings. The van der Waals surface area contributed by atoms with E-state index in [-0.39, 0.29) is 12.1 Å². The zero-order valence-electron chi connectivity index (χ0n) is 12.6. The van der Waals surface area contributed by atoms with Crippen LogP contribution in [0, 0.1) is 0 Å². The number of hydrogen-bond donors (Lipinski definition) is 2. The van der Waals surface area contributed by atoms with Crippen molar-refractivity contribution >= 4 is 23.8 Å². The minimum atomic E-state index is -0.620. The fourth-order valence-corrected chi connectivity index (χ4v) is 2.32. The molecule has 0 aliphatic heterocycles. The van der Waals surface area contributed by atoms with Crippen LogP contribution in [0.15, 0.2) is 30.3 Å². The number of carbonyl (C=O) groups excluding carboxylic acids is 2. The van der Waals surface area contributed by atoms with E-state index in [1.54, 1.807) is 11.8 Å². The Morgan fingerprint density at radius 2 is 1.90 bits per heavy atom. The standard InChI is InChI=1S/C15H22N2O3S/c1-11(12-7-5-4-6-8-12)16-15(19)17-13(9-10-21-3)14(18)20-2/h4-8,11,13H,9-10H2,1-3H3,(H2,16,17,19)/t11?,13-/m1/s1. The molecule has 2 atom stereocenters. The Morgan fingerprint density at radius 1 is 1.24 bits per heavy atom. The molecular formula is C15H22N2O3S. The molecule has 2 amide bonds. The third-order valence-electron chi connectivity index (χ3n) is 3.05. The number of nitrogens with one attached hydrogen (secondary N) is 2. The Hall–Kier alpha value is -1.69. The van der Waals surface area contributed by atoms with Gasteiger partial charge in [-0.3, -0.25) is 0 Å². The first-order chi connectivity index (χ1) is 10.1. The molecule has 0 heterocycles. The summed E-state index contributed by atoms with van der Waals surface area (Å²) in [5.41, 5.74) is 1.01. The number of carbonyl (C=O) groups is 2. The Balaban J connectivity index is 2.55. The molecule has 1 aromatic carbocycles. The Kier molecular flexibility index (Phi) is 7.68. The lowest BCUT2D eigenvalue weighted by Gasteiger charge is -2.19. The first kappa shape index (κ1) is 17.4. The Morgan fingerprint density at radius 3 is 2.48 bits per heavy atom. The Labute approximate surface area is 129 Å². The maximum atomic E-state index is 12.0. The molecule has 0 spiro atoms. The smallest absolute Gasteiger partial charge is 0.328 e. The van der Waals surface area contributed by atoms with Crippen LogP contribution in [0.4, 0.5) is 4.79 Å². The van der Waals surface area contributed by atoms with Crippen LogP contribution < -0.4 is 10.6 Å². The van der Waals surface area contributed by atoms with Gasteiger partial charge in [0.15, 0.2) is 0 Å². The molecular weight excluding hydrogens is 288 g/mol. The maximum absolute atomic E-state index is 12.0. The van der Waals surface area contributed by atoms with Gasteiger partial charge in [0, 0.05) is 0 Å².